The number of hydroxylamine groups is 4. The van der Waals surface area contributed by atoms with Crippen LogP contribution in [0.15, 0.2) is 60.7 Å². The quantitative estimate of drug-likeness (QED) is 0.292. The summed E-state index contributed by atoms with van der Waals surface area (Å²) in [7, 11) is 0. The third-order valence-corrected chi connectivity index (χ3v) is 9.27. The first-order chi connectivity index (χ1) is 26.5. The molecule has 4 aliphatic rings. The van der Waals surface area contributed by atoms with Crippen molar-refractivity contribution < 1.29 is 57.4 Å². The Morgan fingerprint density at radius 2 is 0.929 bits per heavy atom. The van der Waals surface area contributed by atoms with Gasteiger partial charge in [-0.2, -0.15) is 0 Å². The van der Waals surface area contributed by atoms with E-state index in [1.54, 1.807) is 51.3 Å². The maximum Gasteiger partial charge on any atom is 0.444 e. The highest BCUT2D eigenvalue weighted by molar-refractivity contribution is 5.79. The van der Waals surface area contributed by atoms with Crippen molar-refractivity contribution in [2.75, 3.05) is 13.1 Å². The van der Waals surface area contributed by atoms with Crippen LogP contribution in [-0.2, 0) is 51.4 Å². The average molecular weight is 781 g/mol. The second kappa shape index (κ2) is 17.9. The van der Waals surface area contributed by atoms with Gasteiger partial charge in [-0.1, -0.05) is 60.7 Å². The molecule has 0 radical (unpaired) electrons. The van der Waals surface area contributed by atoms with Crippen LogP contribution in [0.4, 0.5) is 19.2 Å². The second-order valence-corrected chi connectivity index (χ2v) is 16.0. The van der Waals surface area contributed by atoms with Gasteiger partial charge in [-0.25, -0.2) is 28.8 Å². The van der Waals surface area contributed by atoms with Gasteiger partial charge >= 0.3 is 36.3 Å². The summed E-state index contributed by atoms with van der Waals surface area (Å²) in [5, 5.41) is 1.94. The van der Waals surface area contributed by atoms with Gasteiger partial charge in [0, 0.05) is 13.1 Å². The Hall–Kier alpha value is -5.54. The summed E-state index contributed by atoms with van der Waals surface area (Å²) in [5.74, 6) is -1.03. The van der Waals surface area contributed by atoms with Gasteiger partial charge in [0.2, 0.25) is 0 Å². The number of nitrogens with zero attached hydrogens (tertiary/aromatic N) is 4. The lowest BCUT2D eigenvalue weighted by atomic mass is 10.0. The Kier molecular flexibility index (Phi) is 13.3. The van der Waals surface area contributed by atoms with Gasteiger partial charge in [0.15, 0.2) is 0 Å². The number of hydrogen-bond donors (Lipinski definition) is 0. The topological polar surface area (TPSA) is 171 Å². The van der Waals surface area contributed by atoms with E-state index in [1.807, 2.05) is 60.7 Å². The molecule has 0 N–H and O–H groups in total. The van der Waals surface area contributed by atoms with E-state index in [0.29, 0.717) is 25.9 Å². The van der Waals surface area contributed by atoms with Crippen molar-refractivity contribution in [1.82, 2.24) is 19.9 Å². The largest absolute Gasteiger partial charge is 0.444 e. The fraction of sp³-hybridized carbons (Fsp3) is 0.550. The highest BCUT2D eigenvalue weighted by Crippen LogP contribution is 2.33. The summed E-state index contributed by atoms with van der Waals surface area (Å²) in [5.41, 5.74) is 0.407. The minimum absolute atomic E-state index is 0.0183. The van der Waals surface area contributed by atoms with Crippen molar-refractivity contribution in [3.05, 3.63) is 71.8 Å². The number of carbonyl (C=O) groups excluding carboxylic acids is 6. The predicted molar refractivity (Wildman–Crippen MR) is 198 cm³/mol. The first-order valence-electron chi connectivity index (χ1n) is 18.9. The van der Waals surface area contributed by atoms with Crippen molar-refractivity contribution in [2.24, 2.45) is 0 Å². The molecule has 0 unspecified atom stereocenters. The van der Waals surface area contributed by atoms with Crippen LogP contribution in [0.2, 0.25) is 0 Å². The fourth-order valence-corrected chi connectivity index (χ4v) is 6.91. The Labute approximate surface area is 326 Å². The van der Waals surface area contributed by atoms with E-state index in [1.165, 1.54) is 0 Å². The molecule has 4 aliphatic heterocycles. The Bertz CT molecular complexity index is 1590. The standard InChI is InChI=1S/2C20H26N2O6/c2*1-20(2,3)27-18(24)21-11-7-10-15(21)16-12-17(23)28-22(16)19(25)26-13-14-8-5-4-6-9-14/h2*4-6,8-9,15-16H,7,10-13H2,1-3H3/t2*15-,16-/m00/s1. The van der Waals surface area contributed by atoms with Gasteiger partial charge in [-0.3, -0.25) is 0 Å². The Morgan fingerprint density at radius 1 is 0.571 bits per heavy atom. The molecule has 6 rings (SSSR count). The van der Waals surface area contributed by atoms with Gasteiger partial charge in [-0.15, -0.1) is 10.1 Å². The van der Waals surface area contributed by atoms with Crippen LogP contribution < -0.4 is 0 Å². The molecule has 0 aliphatic carbocycles. The van der Waals surface area contributed by atoms with E-state index in [9.17, 15) is 28.8 Å². The van der Waals surface area contributed by atoms with Crippen molar-refractivity contribution >= 4 is 36.3 Å². The van der Waals surface area contributed by atoms with E-state index in [0.717, 1.165) is 34.1 Å². The van der Waals surface area contributed by atoms with Crippen LogP contribution in [0.3, 0.4) is 0 Å². The molecule has 304 valence electrons. The van der Waals surface area contributed by atoms with Gasteiger partial charge in [0.25, 0.3) is 0 Å². The van der Waals surface area contributed by atoms with Crippen LogP contribution in [0.1, 0.15) is 91.2 Å². The molecular weight excluding hydrogens is 728 g/mol. The van der Waals surface area contributed by atoms with Crippen LogP contribution in [-0.4, -0.2) is 105 Å². The van der Waals surface area contributed by atoms with Gasteiger partial charge in [-0.05, 0) is 78.4 Å². The maximum atomic E-state index is 12.5. The molecule has 4 fully saturated rings. The monoisotopic (exact) mass is 780 g/mol. The number of ether oxygens (including phenoxy) is 4. The van der Waals surface area contributed by atoms with Crippen LogP contribution >= 0.6 is 0 Å². The summed E-state index contributed by atoms with van der Waals surface area (Å²) >= 11 is 0. The predicted octanol–water partition coefficient (Wildman–Crippen LogP) is 6.51. The van der Waals surface area contributed by atoms with E-state index < -0.39 is 59.6 Å². The van der Waals surface area contributed by atoms with Crippen molar-refractivity contribution in [3.63, 3.8) is 0 Å². The van der Waals surface area contributed by atoms with Gasteiger partial charge in [0.1, 0.15) is 36.5 Å². The minimum atomic E-state index is -0.740. The van der Waals surface area contributed by atoms with Crippen LogP contribution in [0.25, 0.3) is 0 Å². The summed E-state index contributed by atoms with van der Waals surface area (Å²) in [6.45, 7) is 11.9. The molecular formula is C40H52N4O12. The van der Waals surface area contributed by atoms with Crippen molar-refractivity contribution in [3.8, 4) is 0 Å². The molecule has 56 heavy (non-hydrogen) atoms. The third kappa shape index (κ3) is 11.3. The van der Waals surface area contributed by atoms with E-state index >= 15 is 0 Å². The van der Waals surface area contributed by atoms with E-state index in [4.69, 9.17) is 28.6 Å². The zero-order valence-corrected chi connectivity index (χ0v) is 32.8. The average Bonchev–Trinajstić information content (AvgIpc) is 3.95. The molecule has 4 saturated heterocycles. The summed E-state index contributed by atoms with van der Waals surface area (Å²) in [6.07, 6.45) is 0.495. The van der Waals surface area contributed by atoms with E-state index in [-0.39, 0.29) is 38.1 Å². The molecule has 4 amide bonds. The second-order valence-electron chi connectivity index (χ2n) is 16.0. The molecule has 0 aromatic heterocycles. The summed E-state index contributed by atoms with van der Waals surface area (Å²) in [4.78, 5) is 87.3. The Balaban J connectivity index is 0.000000214. The molecule has 2 aromatic rings. The molecule has 16 nitrogen and oxygen atoms in total. The van der Waals surface area contributed by atoms with Gasteiger partial charge in [0.05, 0.1) is 24.9 Å². The lowest BCUT2D eigenvalue weighted by molar-refractivity contribution is -0.169. The third-order valence-electron chi connectivity index (χ3n) is 9.27. The fourth-order valence-electron chi connectivity index (χ4n) is 6.91. The smallest absolute Gasteiger partial charge is 0.444 e. The zero-order chi connectivity index (χ0) is 40.6. The van der Waals surface area contributed by atoms with Crippen LogP contribution in [0.5, 0.6) is 0 Å². The molecule has 0 bridgehead atoms. The SMILES string of the molecule is CC(C)(C)OC(=O)N1CCC[C@H]1[C@@H]1CC(=O)ON1C(=O)OCc1ccccc1.CC(C)(C)OC(=O)N1CCC[C@H]1[C@@H]1CC(=O)ON1C(=O)OCc1ccccc1. The highest BCUT2D eigenvalue weighted by Gasteiger charge is 2.49. The number of hydrogen-bond acceptors (Lipinski definition) is 12. The van der Waals surface area contributed by atoms with Crippen molar-refractivity contribution in [2.45, 2.75) is 129 Å². The molecule has 0 saturated carbocycles. The van der Waals surface area contributed by atoms with E-state index in [2.05, 4.69) is 0 Å². The zero-order valence-electron chi connectivity index (χ0n) is 32.8. The number of benzene rings is 2. The lowest BCUT2D eigenvalue weighted by Crippen LogP contribution is -2.50. The number of likely N-dealkylation sites (tertiary alicyclic amines) is 2. The highest BCUT2D eigenvalue weighted by atomic mass is 16.8. The van der Waals surface area contributed by atoms with Crippen molar-refractivity contribution in [1.29, 1.82) is 0 Å². The lowest BCUT2D eigenvalue weighted by Gasteiger charge is -2.33. The molecule has 0 spiro atoms. The first kappa shape index (κ1) is 41.6. The normalized spacial score (nSPS) is 22.2. The van der Waals surface area contributed by atoms with Crippen LogP contribution in [0, 0.1) is 0 Å². The number of carbonyl (C=O) groups is 6. The Morgan fingerprint density at radius 3 is 1.27 bits per heavy atom. The maximum absolute atomic E-state index is 12.5. The van der Waals surface area contributed by atoms with Gasteiger partial charge < -0.3 is 38.4 Å². The number of amides is 4. The minimum Gasteiger partial charge on any atom is -0.444 e. The number of rotatable bonds is 6. The molecule has 4 atom stereocenters. The molecule has 2 aromatic carbocycles. The summed E-state index contributed by atoms with van der Waals surface area (Å²) in [6, 6.07) is 16.6. The molecule has 4 heterocycles. The summed E-state index contributed by atoms with van der Waals surface area (Å²) < 4.78 is 21.5. The molecule has 16 heteroatoms. The first-order valence-corrected chi connectivity index (χ1v) is 18.9.